The predicted octanol–water partition coefficient (Wildman–Crippen LogP) is 2.39. The van der Waals surface area contributed by atoms with Crippen LogP contribution in [0.25, 0.3) is 10.8 Å². The molecule has 1 aliphatic heterocycles. The van der Waals surface area contributed by atoms with Crippen LogP contribution in [0.2, 0.25) is 0 Å². The summed E-state index contributed by atoms with van der Waals surface area (Å²) in [6, 6.07) is 7.96. The average molecular weight is 333 g/mol. The molecule has 1 saturated heterocycles. The molecule has 0 amide bonds. The molecule has 0 atom stereocenters. The predicted molar refractivity (Wildman–Crippen MR) is 91.8 cm³/mol. The highest BCUT2D eigenvalue weighted by molar-refractivity contribution is 7.89. The fraction of sp³-hybridized carbons (Fsp3) is 0.471. The SMILES string of the molecule is CC(C)NC1CCN(S(=O)(=O)c2cccc3cnccc23)CC1. The molecule has 2 heterocycles. The molecule has 1 aromatic heterocycles. The number of nitrogens with one attached hydrogen (secondary N) is 1. The lowest BCUT2D eigenvalue weighted by Gasteiger charge is -2.32. The molecule has 3 rings (SSSR count). The summed E-state index contributed by atoms with van der Waals surface area (Å²) in [7, 11) is -3.46. The fourth-order valence-electron chi connectivity index (χ4n) is 3.19. The van der Waals surface area contributed by atoms with Crippen LogP contribution in [-0.4, -0.2) is 42.9 Å². The molecule has 5 nitrogen and oxygen atoms in total. The van der Waals surface area contributed by atoms with Crippen LogP contribution in [0.15, 0.2) is 41.6 Å². The molecule has 0 spiro atoms. The second kappa shape index (κ2) is 6.55. The number of hydrogen-bond donors (Lipinski definition) is 1. The van der Waals surface area contributed by atoms with Crippen molar-refractivity contribution in [3.8, 4) is 0 Å². The third-order valence-corrected chi connectivity index (χ3v) is 6.24. The molecule has 1 fully saturated rings. The van der Waals surface area contributed by atoms with Gasteiger partial charge in [-0.1, -0.05) is 26.0 Å². The lowest BCUT2D eigenvalue weighted by Crippen LogP contribution is -2.46. The molecule has 1 aliphatic rings. The van der Waals surface area contributed by atoms with Crippen molar-refractivity contribution < 1.29 is 8.42 Å². The van der Waals surface area contributed by atoms with Crippen molar-refractivity contribution >= 4 is 20.8 Å². The molecule has 6 heteroatoms. The van der Waals surface area contributed by atoms with Gasteiger partial charge in [0.15, 0.2) is 0 Å². The first kappa shape index (κ1) is 16.4. The lowest BCUT2D eigenvalue weighted by molar-refractivity contribution is 0.280. The maximum Gasteiger partial charge on any atom is 0.243 e. The van der Waals surface area contributed by atoms with Gasteiger partial charge in [-0.25, -0.2) is 8.42 Å². The molecular formula is C17H23N3O2S. The largest absolute Gasteiger partial charge is 0.312 e. The minimum absolute atomic E-state index is 0.382. The summed E-state index contributed by atoms with van der Waals surface area (Å²) in [5.74, 6) is 0. The highest BCUT2D eigenvalue weighted by Crippen LogP contribution is 2.27. The van der Waals surface area contributed by atoms with E-state index >= 15 is 0 Å². The maximum atomic E-state index is 13.0. The second-order valence-corrected chi connectivity index (χ2v) is 8.26. The van der Waals surface area contributed by atoms with E-state index in [0.717, 1.165) is 23.6 Å². The van der Waals surface area contributed by atoms with Gasteiger partial charge in [-0.3, -0.25) is 4.98 Å². The van der Waals surface area contributed by atoms with Gasteiger partial charge in [0, 0.05) is 48.3 Å². The topological polar surface area (TPSA) is 62.3 Å². The molecule has 2 aromatic rings. The molecule has 124 valence electrons. The number of pyridine rings is 1. The first-order valence-corrected chi connectivity index (χ1v) is 9.51. The van der Waals surface area contributed by atoms with E-state index in [4.69, 9.17) is 0 Å². The molecular weight excluding hydrogens is 310 g/mol. The molecule has 0 radical (unpaired) electrons. The van der Waals surface area contributed by atoms with Gasteiger partial charge in [0.25, 0.3) is 0 Å². The van der Waals surface area contributed by atoms with Gasteiger partial charge < -0.3 is 5.32 Å². The monoisotopic (exact) mass is 333 g/mol. The normalized spacial score (nSPS) is 17.9. The number of hydrogen-bond acceptors (Lipinski definition) is 4. The van der Waals surface area contributed by atoms with E-state index in [0.29, 0.717) is 30.1 Å². The van der Waals surface area contributed by atoms with Crippen molar-refractivity contribution in [1.29, 1.82) is 0 Å². The number of rotatable bonds is 4. The van der Waals surface area contributed by atoms with Crippen molar-refractivity contribution in [3.05, 3.63) is 36.7 Å². The number of sulfonamides is 1. The van der Waals surface area contributed by atoms with Crippen LogP contribution in [0.5, 0.6) is 0 Å². The Labute approximate surface area is 137 Å². The van der Waals surface area contributed by atoms with E-state index in [1.807, 2.05) is 6.07 Å². The van der Waals surface area contributed by atoms with Crippen LogP contribution in [0.4, 0.5) is 0 Å². The molecule has 0 unspecified atom stereocenters. The van der Waals surface area contributed by atoms with Crippen molar-refractivity contribution in [2.75, 3.05) is 13.1 Å². The number of piperidine rings is 1. The van der Waals surface area contributed by atoms with Crippen molar-refractivity contribution in [1.82, 2.24) is 14.6 Å². The Balaban J connectivity index is 1.85. The Morgan fingerprint density at radius 1 is 1.22 bits per heavy atom. The maximum absolute atomic E-state index is 13.0. The van der Waals surface area contributed by atoms with Gasteiger partial charge in [0.05, 0.1) is 4.90 Å². The van der Waals surface area contributed by atoms with Crippen LogP contribution >= 0.6 is 0 Å². The minimum atomic E-state index is -3.46. The van der Waals surface area contributed by atoms with Crippen molar-refractivity contribution in [2.24, 2.45) is 0 Å². The molecule has 23 heavy (non-hydrogen) atoms. The van der Waals surface area contributed by atoms with E-state index in [-0.39, 0.29) is 0 Å². The van der Waals surface area contributed by atoms with Gasteiger partial charge >= 0.3 is 0 Å². The van der Waals surface area contributed by atoms with Crippen LogP contribution in [0.3, 0.4) is 0 Å². The van der Waals surface area contributed by atoms with Gasteiger partial charge in [-0.2, -0.15) is 4.31 Å². The van der Waals surface area contributed by atoms with Gasteiger partial charge in [-0.15, -0.1) is 0 Å². The number of aromatic nitrogens is 1. The Bertz CT molecular complexity index is 776. The zero-order chi connectivity index (χ0) is 16.4. The van der Waals surface area contributed by atoms with Crippen LogP contribution < -0.4 is 5.32 Å². The van der Waals surface area contributed by atoms with E-state index < -0.39 is 10.0 Å². The van der Waals surface area contributed by atoms with Crippen molar-refractivity contribution in [2.45, 2.75) is 43.7 Å². The van der Waals surface area contributed by atoms with E-state index in [2.05, 4.69) is 24.1 Å². The smallest absolute Gasteiger partial charge is 0.243 e. The Morgan fingerprint density at radius 2 is 1.96 bits per heavy atom. The summed E-state index contributed by atoms with van der Waals surface area (Å²) in [6.45, 7) is 5.36. The van der Waals surface area contributed by atoms with Gasteiger partial charge in [0.1, 0.15) is 0 Å². The molecule has 1 aromatic carbocycles. The second-order valence-electron chi connectivity index (χ2n) is 6.35. The zero-order valence-electron chi connectivity index (χ0n) is 13.6. The third kappa shape index (κ3) is 3.39. The first-order chi connectivity index (χ1) is 11.0. The Kier molecular flexibility index (Phi) is 4.66. The average Bonchev–Trinajstić information content (AvgIpc) is 2.54. The Morgan fingerprint density at radius 3 is 2.65 bits per heavy atom. The number of nitrogens with zero attached hydrogens (tertiary/aromatic N) is 2. The third-order valence-electron chi connectivity index (χ3n) is 4.28. The summed E-state index contributed by atoms with van der Waals surface area (Å²) < 4.78 is 27.6. The first-order valence-electron chi connectivity index (χ1n) is 8.07. The van der Waals surface area contributed by atoms with E-state index in [1.54, 1.807) is 34.9 Å². The standard InChI is InChI=1S/C17H23N3O2S/c1-13(2)19-15-7-10-20(11-8-15)23(21,22)17-5-3-4-14-12-18-9-6-16(14)17/h3-6,9,12-13,15,19H,7-8,10-11H2,1-2H3. The molecule has 1 N–H and O–H groups in total. The molecule has 0 bridgehead atoms. The molecule has 0 aliphatic carbocycles. The van der Waals surface area contributed by atoms with E-state index in [1.165, 1.54) is 0 Å². The summed E-state index contributed by atoms with van der Waals surface area (Å²) in [4.78, 5) is 4.45. The zero-order valence-corrected chi connectivity index (χ0v) is 14.4. The van der Waals surface area contributed by atoms with E-state index in [9.17, 15) is 8.42 Å². The van der Waals surface area contributed by atoms with Crippen LogP contribution in [0, 0.1) is 0 Å². The summed E-state index contributed by atoms with van der Waals surface area (Å²) in [5, 5.41) is 5.09. The van der Waals surface area contributed by atoms with Gasteiger partial charge in [0.2, 0.25) is 10.0 Å². The highest BCUT2D eigenvalue weighted by Gasteiger charge is 2.30. The highest BCUT2D eigenvalue weighted by atomic mass is 32.2. The summed E-state index contributed by atoms with van der Waals surface area (Å²) >= 11 is 0. The lowest BCUT2D eigenvalue weighted by atomic mass is 10.1. The van der Waals surface area contributed by atoms with Gasteiger partial charge in [-0.05, 0) is 25.0 Å². The van der Waals surface area contributed by atoms with Crippen LogP contribution in [-0.2, 0) is 10.0 Å². The Hall–Kier alpha value is -1.50. The number of fused-ring (bicyclic) bond motifs is 1. The fourth-order valence-corrected chi connectivity index (χ4v) is 4.88. The summed E-state index contributed by atoms with van der Waals surface area (Å²) in [5.41, 5.74) is 0. The minimum Gasteiger partial charge on any atom is -0.312 e. The van der Waals surface area contributed by atoms with Crippen LogP contribution in [0.1, 0.15) is 26.7 Å². The quantitative estimate of drug-likeness (QED) is 0.933. The summed E-state index contributed by atoms with van der Waals surface area (Å²) in [6.07, 6.45) is 5.04. The number of benzene rings is 1. The van der Waals surface area contributed by atoms with Crippen molar-refractivity contribution in [3.63, 3.8) is 0 Å². The molecule has 0 saturated carbocycles.